The zero-order chi connectivity index (χ0) is 20.2. The van der Waals surface area contributed by atoms with E-state index in [9.17, 15) is 9.59 Å². The van der Waals surface area contributed by atoms with Gasteiger partial charge in [-0.05, 0) is 49.2 Å². The topological polar surface area (TPSA) is 72.2 Å². The molecule has 0 unspecified atom stereocenters. The molecule has 1 aliphatic carbocycles. The Morgan fingerprint density at radius 1 is 0.931 bits per heavy atom. The zero-order valence-electron chi connectivity index (χ0n) is 16.5. The number of aromatic nitrogens is 1. The molecular formula is C24H24N2O3. The molecule has 29 heavy (non-hydrogen) atoms. The van der Waals surface area contributed by atoms with Crippen LogP contribution in [0.25, 0.3) is 22.8 Å². The van der Waals surface area contributed by atoms with E-state index in [4.69, 9.17) is 4.42 Å². The molecule has 1 heterocycles. The highest BCUT2D eigenvalue weighted by Crippen LogP contribution is 2.31. The second-order valence-corrected chi connectivity index (χ2v) is 7.52. The van der Waals surface area contributed by atoms with Crippen LogP contribution in [-0.2, 0) is 4.79 Å². The first-order valence-electron chi connectivity index (χ1n) is 10.1. The minimum atomic E-state index is -0.152. The Labute approximate surface area is 170 Å². The third kappa shape index (κ3) is 4.29. The molecule has 1 N–H and O–H groups in total. The molecule has 0 atom stereocenters. The van der Waals surface area contributed by atoms with Crippen molar-refractivity contribution in [2.75, 3.05) is 5.32 Å². The molecule has 148 valence electrons. The Bertz CT molecular complexity index is 1000. The number of amides is 1. The van der Waals surface area contributed by atoms with Gasteiger partial charge in [-0.25, -0.2) is 4.98 Å². The van der Waals surface area contributed by atoms with Gasteiger partial charge in [-0.15, -0.1) is 0 Å². The van der Waals surface area contributed by atoms with Crippen LogP contribution in [0.15, 0.2) is 59.0 Å². The van der Waals surface area contributed by atoms with Crippen molar-refractivity contribution in [2.45, 2.75) is 39.0 Å². The SMILES string of the molecule is CC(=O)c1nc(-c2ccccc2)oc1-c1ccc(NC(=O)C2CCCCC2)cc1. The molecule has 1 fully saturated rings. The van der Waals surface area contributed by atoms with Crippen LogP contribution < -0.4 is 5.32 Å². The molecule has 1 amide bonds. The molecule has 5 nitrogen and oxygen atoms in total. The van der Waals surface area contributed by atoms with Crippen molar-refractivity contribution in [3.05, 3.63) is 60.3 Å². The van der Waals surface area contributed by atoms with Gasteiger partial charge in [-0.2, -0.15) is 0 Å². The fourth-order valence-electron chi connectivity index (χ4n) is 3.77. The number of nitrogens with zero attached hydrogens (tertiary/aromatic N) is 1. The van der Waals surface area contributed by atoms with Gasteiger partial charge in [0.05, 0.1) is 0 Å². The van der Waals surface area contributed by atoms with E-state index in [2.05, 4.69) is 10.3 Å². The molecule has 1 saturated carbocycles. The fraction of sp³-hybridized carbons (Fsp3) is 0.292. The van der Waals surface area contributed by atoms with Gasteiger partial charge in [-0.3, -0.25) is 9.59 Å². The zero-order valence-corrected chi connectivity index (χ0v) is 16.5. The summed E-state index contributed by atoms with van der Waals surface area (Å²) in [6.07, 6.45) is 5.40. The highest BCUT2D eigenvalue weighted by Gasteiger charge is 2.22. The van der Waals surface area contributed by atoms with Crippen LogP contribution >= 0.6 is 0 Å². The van der Waals surface area contributed by atoms with Crippen LogP contribution in [0.2, 0.25) is 0 Å². The summed E-state index contributed by atoms with van der Waals surface area (Å²) in [5, 5.41) is 3.01. The first kappa shape index (κ1) is 19.1. The molecule has 0 aliphatic heterocycles. The monoisotopic (exact) mass is 388 g/mol. The maximum absolute atomic E-state index is 12.4. The average molecular weight is 388 g/mol. The van der Waals surface area contributed by atoms with Gasteiger partial charge in [0.15, 0.2) is 17.2 Å². The van der Waals surface area contributed by atoms with Crippen molar-refractivity contribution in [1.29, 1.82) is 0 Å². The van der Waals surface area contributed by atoms with Crippen molar-refractivity contribution in [1.82, 2.24) is 4.98 Å². The van der Waals surface area contributed by atoms with Crippen LogP contribution in [0.3, 0.4) is 0 Å². The molecule has 3 aromatic rings. The summed E-state index contributed by atoms with van der Waals surface area (Å²) in [6, 6.07) is 16.9. The van der Waals surface area contributed by atoms with E-state index in [-0.39, 0.29) is 17.6 Å². The molecule has 0 bridgehead atoms. The predicted octanol–water partition coefficient (Wildman–Crippen LogP) is 5.73. The third-order valence-electron chi connectivity index (χ3n) is 5.37. The Morgan fingerprint density at radius 3 is 2.28 bits per heavy atom. The van der Waals surface area contributed by atoms with E-state index < -0.39 is 0 Å². The van der Waals surface area contributed by atoms with Crippen molar-refractivity contribution in [3.8, 4) is 22.8 Å². The average Bonchev–Trinajstić information content (AvgIpc) is 3.21. The minimum absolute atomic E-state index is 0.0907. The number of hydrogen-bond donors (Lipinski definition) is 1. The number of carbonyl (C=O) groups is 2. The lowest BCUT2D eigenvalue weighted by Gasteiger charge is -2.20. The Kier molecular flexibility index (Phi) is 5.56. The van der Waals surface area contributed by atoms with E-state index in [1.54, 1.807) is 0 Å². The van der Waals surface area contributed by atoms with Gasteiger partial charge in [-0.1, -0.05) is 37.5 Å². The number of oxazole rings is 1. The van der Waals surface area contributed by atoms with E-state index in [0.717, 1.165) is 42.5 Å². The van der Waals surface area contributed by atoms with Gasteiger partial charge < -0.3 is 9.73 Å². The number of hydrogen-bond acceptors (Lipinski definition) is 4. The van der Waals surface area contributed by atoms with Gasteiger partial charge in [0, 0.05) is 29.7 Å². The van der Waals surface area contributed by atoms with Crippen LogP contribution in [0, 0.1) is 5.92 Å². The standard InChI is InChI=1S/C24H24N2O3/c1-16(27)21-22(29-24(26-21)19-10-6-3-7-11-19)17-12-14-20(15-13-17)25-23(28)18-8-4-2-5-9-18/h3,6-7,10-15,18H,2,4-5,8-9H2,1H3,(H,25,28). The highest BCUT2D eigenvalue weighted by atomic mass is 16.4. The fourth-order valence-corrected chi connectivity index (χ4v) is 3.77. The number of Topliss-reactive ketones (excluding diaryl/α,β-unsaturated/α-hetero) is 1. The van der Waals surface area contributed by atoms with E-state index in [1.165, 1.54) is 13.3 Å². The van der Waals surface area contributed by atoms with Gasteiger partial charge in [0.25, 0.3) is 0 Å². The normalized spacial score (nSPS) is 14.5. The summed E-state index contributed by atoms with van der Waals surface area (Å²) in [7, 11) is 0. The van der Waals surface area contributed by atoms with Gasteiger partial charge in [0.1, 0.15) is 0 Å². The number of rotatable bonds is 5. The summed E-state index contributed by atoms with van der Waals surface area (Å²) < 4.78 is 5.95. The largest absolute Gasteiger partial charge is 0.435 e. The quantitative estimate of drug-likeness (QED) is 0.567. The van der Waals surface area contributed by atoms with E-state index in [1.807, 2.05) is 54.6 Å². The molecule has 5 heteroatoms. The minimum Gasteiger partial charge on any atom is -0.435 e. The molecule has 0 spiro atoms. The number of ketones is 1. The first-order valence-corrected chi connectivity index (χ1v) is 10.1. The van der Waals surface area contributed by atoms with Crippen molar-refractivity contribution < 1.29 is 14.0 Å². The molecule has 2 aromatic carbocycles. The highest BCUT2D eigenvalue weighted by molar-refractivity contribution is 5.98. The number of benzene rings is 2. The Morgan fingerprint density at radius 2 is 1.62 bits per heavy atom. The summed E-state index contributed by atoms with van der Waals surface area (Å²) in [5.41, 5.74) is 2.62. The molecule has 0 radical (unpaired) electrons. The van der Waals surface area contributed by atoms with Crippen molar-refractivity contribution in [2.24, 2.45) is 5.92 Å². The second kappa shape index (κ2) is 8.43. The molecule has 4 rings (SSSR count). The second-order valence-electron chi connectivity index (χ2n) is 7.52. The van der Waals surface area contributed by atoms with Crippen LogP contribution in [0.4, 0.5) is 5.69 Å². The number of nitrogens with one attached hydrogen (secondary N) is 1. The Balaban J connectivity index is 1.56. The number of carbonyl (C=O) groups excluding carboxylic acids is 2. The van der Waals surface area contributed by atoms with Gasteiger partial charge >= 0.3 is 0 Å². The first-order chi connectivity index (χ1) is 14.1. The van der Waals surface area contributed by atoms with Gasteiger partial charge in [0.2, 0.25) is 11.8 Å². The molecule has 1 aromatic heterocycles. The van der Waals surface area contributed by atoms with Crippen LogP contribution in [0.1, 0.15) is 49.5 Å². The lowest BCUT2D eigenvalue weighted by atomic mass is 9.88. The lowest BCUT2D eigenvalue weighted by molar-refractivity contribution is -0.120. The molecule has 1 aliphatic rings. The van der Waals surface area contributed by atoms with Crippen LogP contribution in [0.5, 0.6) is 0 Å². The summed E-state index contributed by atoms with van der Waals surface area (Å²) >= 11 is 0. The summed E-state index contributed by atoms with van der Waals surface area (Å²) in [5.74, 6) is 0.908. The lowest BCUT2D eigenvalue weighted by Crippen LogP contribution is -2.24. The van der Waals surface area contributed by atoms with E-state index in [0.29, 0.717) is 17.3 Å². The molecule has 0 saturated heterocycles. The van der Waals surface area contributed by atoms with Crippen LogP contribution in [-0.4, -0.2) is 16.7 Å². The van der Waals surface area contributed by atoms with E-state index >= 15 is 0 Å². The maximum atomic E-state index is 12.4. The maximum Gasteiger partial charge on any atom is 0.227 e. The number of anilines is 1. The Hall–Kier alpha value is -3.21. The molecular weight excluding hydrogens is 364 g/mol. The smallest absolute Gasteiger partial charge is 0.227 e. The van der Waals surface area contributed by atoms with Crippen molar-refractivity contribution >= 4 is 17.4 Å². The summed E-state index contributed by atoms with van der Waals surface area (Å²) in [6.45, 7) is 1.48. The predicted molar refractivity (Wildman–Crippen MR) is 113 cm³/mol. The van der Waals surface area contributed by atoms with Crippen molar-refractivity contribution in [3.63, 3.8) is 0 Å². The summed E-state index contributed by atoms with van der Waals surface area (Å²) in [4.78, 5) is 28.9. The third-order valence-corrected chi connectivity index (χ3v) is 5.37.